The van der Waals surface area contributed by atoms with Crippen LogP contribution in [0.15, 0.2) is 59.7 Å². The lowest BCUT2D eigenvalue weighted by Crippen LogP contribution is -2.41. The highest BCUT2D eigenvalue weighted by atomic mass is 35.5. The number of nitrogens with one attached hydrogen (secondary N) is 1. The minimum Gasteiger partial charge on any atom is -0.478 e. The number of carbonyl (C=O) groups is 2. The number of nitrogen functional groups attached to an aromatic ring is 1. The highest BCUT2D eigenvalue weighted by Crippen LogP contribution is 2.38. The second-order valence-electron chi connectivity index (χ2n) is 9.10. The number of rotatable bonds is 7. The molecule has 1 aromatic heterocycles. The van der Waals surface area contributed by atoms with E-state index in [9.17, 15) is 24.8 Å². The number of para-hydroxylation sites is 1. The number of aryl methyl sites for hydroxylation is 1. The van der Waals surface area contributed by atoms with Gasteiger partial charge >= 0.3 is 5.97 Å². The number of nitro groups is 1. The number of aliphatic imine (C=N–C) groups is 1. The zero-order chi connectivity index (χ0) is 28.9. The van der Waals surface area contributed by atoms with Crippen LogP contribution in [0.5, 0.6) is 11.5 Å². The molecule has 1 aliphatic heterocycles. The van der Waals surface area contributed by atoms with Crippen molar-refractivity contribution in [1.82, 2.24) is 10.3 Å². The van der Waals surface area contributed by atoms with Gasteiger partial charge in [0.25, 0.3) is 11.6 Å². The van der Waals surface area contributed by atoms with E-state index in [1.807, 2.05) is 26.8 Å². The first-order valence-corrected chi connectivity index (χ1v) is 12.4. The zero-order valence-electron chi connectivity index (χ0n) is 21.8. The number of hydrogen-bond acceptors (Lipinski definition) is 8. The van der Waals surface area contributed by atoms with Gasteiger partial charge in [-0.25, -0.2) is 9.79 Å². The Morgan fingerprint density at radius 3 is 2.46 bits per heavy atom. The number of carboxylic acids is 1. The first-order chi connectivity index (χ1) is 18.4. The first-order valence-electron chi connectivity index (χ1n) is 12.0. The van der Waals surface area contributed by atoms with Gasteiger partial charge in [-0.3, -0.25) is 19.9 Å². The summed E-state index contributed by atoms with van der Waals surface area (Å²) in [6, 6.07) is 13.2. The van der Waals surface area contributed by atoms with E-state index in [0.717, 1.165) is 5.56 Å². The molecule has 0 aliphatic carbocycles. The van der Waals surface area contributed by atoms with Gasteiger partial charge < -0.3 is 20.9 Å². The Labute approximate surface area is 229 Å². The molecule has 1 aliphatic rings. The summed E-state index contributed by atoms with van der Waals surface area (Å²) in [5, 5.41) is 22.7. The van der Waals surface area contributed by atoms with E-state index >= 15 is 0 Å². The molecule has 11 nitrogen and oxygen atoms in total. The predicted octanol–water partition coefficient (Wildman–Crippen LogP) is 5.26. The molecule has 4 N–H and O–H groups in total. The van der Waals surface area contributed by atoms with Crippen LogP contribution in [-0.2, 0) is 11.2 Å². The zero-order valence-corrected chi connectivity index (χ0v) is 22.5. The fourth-order valence-corrected chi connectivity index (χ4v) is 3.72. The minimum absolute atomic E-state index is 0.00167. The Balaban J connectivity index is 0.000000218. The van der Waals surface area contributed by atoms with Crippen LogP contribution < -0.4 is 15.8 Å². The second-order valence-corrected chi connectivity index (χ2v) is 9.48. The average molecular weight is 554 g/mol. The van der Waals surface area contributed by atoms with E-state index < -0.39 is 16.4 Å². The van der Waals surface area contributed by atoms with Gasteiger partial charge in [0.2, 0.25) is 0 Å². The van der Waals surface area contributed by atoms with E-state index in [0.29, 0.717) is 12.2 Å². The van der Waals surface area contributed by atoms with E-state index in [-0.39, 0.29) is 51.1 Å². The third kappa shape index (κ3) is 6.32. The Morgan fingerprint density at radius 2 is 1.92 bits per heavy atom. The number of nitrogens with zero attached hydrogens (tertiary/aromatic N) is 3. The highest BCUT2D eigenvalue weighted by Gasteiger charge is 2.43. The van der Waals surface area contributed by atoms with E-state index in [1.165, 1.54) is 12.1 Å². The van der Waals surface area contributed by atoms with Gasteiger partial charge in [-0.1, -0.05) is 50.6 Å². The Hall–Kier alpha value is -4.51. The maximum Gasteiger partial charge on any atom is 0.338 e. The minimum atomic E-state index is -1.08. The number of ether oxygens (including phenoxy) is 1. The van der Waals surface area contributed by atoms with Crippen LogP contribution in [0.25, 0.3) is 0 Å². The fraction of sp³-hybridized carbons (Fsp3) is 0.259. The lowest BCUT2D eigenvalue weighted by Gasteiger charge is -2.21. The van der Waals surface area contributed by atoms with E-state index in [4.69, 9.17) is 22.1 Å². The number of anilines is 1. The predicted molar refractivity (Wildman–Crippen MR) is 148 cm³/mol. The SMILES string of the molecule is CCc1cnc(C2=NC(C)(C(C)C)C(=O)N2)c(C(=O)O)c1.Nc1c([N+](=O)[O-])ccc(Oc2ccccc2)c1Cl. The standard InChI is InChI=1S/C15H19N3O3.C12H9ClN2O3/c1-5-9-6-10(13(19)20)11(16-7-9)12-17-14(21)15(4,18-12)8(2)3;13-11-10(18-8-4-2-1-3-5-8)7-6-9(12(11)14)15(16)17/h6-8H,5H2,1-4H3,(H,19,20)(H,17,18,21);1-7H,14H2. The molecule has 1 unspecified atom stereocenters. The molecule has 2 aromatic carbocycles. The molecular formula is C27H28ClN5O6. The van der Waals surface area contributed by atoms with Crippen molar-refractivity contribution in [2.75, 3.05) is 5.73 Å². The van der Waals surface area contributed by atoms with Crippen LogP contribution in [0.4, 0.5) is 11.4 Å². The number of amides is 1. The van der Waals surface area contributed by atoms with Crippen molar-refractivity contribution in [3.8, 4) is 11.5 Å². The molecule has 12 heteroatoms. The van der Waals surface area contributed by atoms with Gasteiger partial charge in [0.1, 0.15) is 33.4 Å². The molecule has 0 spiro atoms. The number of benzene rings is 2. The molecule has 39 heavy (non-hydrogen) atoms. The summed E-state index contributed by atoms with van der Waals surface area (Å²) in [5.41, 5.74) is 5.44. The summed E-state index contributed by atoms with van der Waals surface area (Å²) < 4.78 is 5.49. The normalized spacial score (nSPS) is 16.2. The molecule has 2 heterocycles. The Morgan fingerprint density at radius 1 is 1.26 bits per heavy atom. The van der Waals surface area contributed by atoms with Gasteiger partial charge in [0, 0.05) is 12.3 Å². The molecule has 4 rings (SSSR count). The molecule has 1 amide bonds. The highest BCUT2D eigenvalue weighted by molar-refractivity contribution is 6.35. The molecule has 0 fully saturated rings. The Bertz CT molecular complexity index is 1440. The fourth-order valence-electron chi connectivity index (χ4n) is 3.52. The molecule has 0 saturated heterocycles. The van der Waals surface area contributed by atoms with Gasteiger partial charge in [-0.2, -0.15) is 0 Å². The molecule has 0 radical (unpaired) electrons. The number of aromatic nitrogens is 1. The van der Waals surface area contributed by atoms with Gasteiger partial charge in [-0.15, -0.1) is 0 Å². The van der Waals surface area contributed by atoms with Crippen molar-refractivity contribution in [3.63, 3.8) is 0 Å². The number of pyridine rings is 1. The number of carboxylic acid groups (broad SMARTS) is 1. The van der Waals surface area contributed by atoms with Crippen molar-refractivity contribution in [2.45, 2.75) is 39.7 Å². The van der Waals surface area contributed by atoms with Crippen LogP contribution in [0, 0.1) is 16.0 Å². The maximum absolute atomic E-state index is 12.1. The maximum atomic E-state index is 12.1. The number of nitro benzene ring substituents is 1. The van der Waals surface area contributed by atoms with Crippen LogP contribution in [0.1, 0.15) is 49.3 Å². The quantitative estimate of drug-likeness (QED) is 0.202. The summed E-state index contributed by atoms with van der Waals surface area (Å²) in [7, 11) is 0. The van der Waals surface area contributed by atoms with Crippen LogP contribution in [0.3, 0.4) is 0 Å². The summed E-state index contributed by atoms with van der Waals surface area (Å²) in [4.78, 5) is 42.2. The second kappa shape index (κ2) is 11.9. The first kappa shape index (κ1) is 29.1. The van der Waals surface area contributed by atoms with Crippen molar-refractivity contribution in [1.29, 1.82) is 0 Å². The smallest absolute Gasteiger partial charge is 0.338 e. The molecule has 3 aromatic rings. The summed E-state index contributed by atoms with van der Waals surface area (Å²) >= 11 is 5.94. The van der Waals surface area contributed by atoms with Gasteiger partial charge in [-0.05, 0) is 49.1 Å². The number of amidine groups is 1. The van der Waals surface area contributed by atoms with Gasteiger partial charge in [0.15, 0.2) is 5.84 Å². The number of nitrogens with two attached hydrogens (primary N) is 1. The lowest BCUT2D eigenvalue weighted by atomic mass is 9.89. The van der Waals surface area contributed by atoms with Crippen molar-refractivity contribution in [2.24, 2.45) is 10.9 Å². The molecule has 0 bridgehead atoms. The lowest BCUT2D eigenvalue weighted by molar-refractivity contribution is -0.383. The van der Waals surface area contributed by atoms with Crippen molar-refractivity contribution >= 4 is 40.7 Å². The van der Waals surface area contributed by atoms with Crippen LogP contribution in [0.2, 0.25) is 5.02 Å². The third-order valence-electron chi connectivity index (χ3n) is 6.26. The topological polar surface area (TPSA) is 170 Å². The Kier molecular flexibility index (Phi) is 8.87. The number of hydrogen-bond donors (Lipinski definition) is 3. The third-order valence-corrected chi connectivity index (χ3v) is 6.65. The monoisotopic (exact) mass is 553 g/mol. The van der Waals surface area contributed by atoms with E-state index in [1.54, 1.807) is 43.5 Å². The number of carbonyl (C=O) groups excluding carboxylic acids is 1. The number of aromatic carboxylic acids is 1. The largest absolute Gasteiger partial charge is 0.478 e. The van der Waals surface area contributed by atoms with Gasteiger partial charge in [0.05, 0.1) is 10.5 Å². The summed E-state index contributed by atoms with van der Waals surface area (Å²) in [6.07, 6.45) is 2.30. The summed E-state index contributed by atoms with van der Waals surface area (Å²) in [6.45, 7) is 7.46. The molecule has 0 saturated carbocycles. The molecule has 204 valence electrons. The van der Waals surface area contributed by atoms with Crippen molar-refractivity contribution in [3.05, 3.63) is 86.7 Å². The van der Waals surface area contributed by atoms with Crippen molar-refractivity contribution < 1.29 is 24.4 Å². The van der Waals surface area contributed by atoms with Crippen LogP contribution >= 0.6 is 11.6 Å². The van der Waals surface area contributed by atoms with Crippen LogP contribution in [-0.4, -0.2) is 38.3 Å². The molecule has 1 atom stereocenters. The molecular weight excluding hydrogens is 526 g/mol. The average Bonchev–Trinajstić information content (AvgIpc) is 3.22. The number of halogens is 1. The van der Waals surface area contributed by atoms with E-state index in [2.05, 4.69) is 15.3 Å². The summed E-state index contributed by atoms with van der Waals surface area (Å²) in [5.74, 6) is -0.221.